The maximum Gasteiger partial charge on any atom is 0.350 e. The Labute approximate surface area is 184 Å². The Morgan fingerprint density at radius 3 is 2.81 bits per heavy atom. The smallest absolute Gasteiger partial charge is 0.350 e. The number of likely N-dealkylation sites (tertiary alicyclic amines) is 1. The average Bonchev–Trinajstić information content (AvgIpc) is 3.51. The number of rotatable bonds is 5. The second-order valence-electron chi connectivity index (χ2n) is 8.46. The Morgan fingerprint density at radius 1 is 1.32 bits per heavy atom. The van der Waals surface area contributed by atoms with E-state index >= 15 is 0 Å². The van der Waals surface area contributed by atoms with Crippen LogP contribution in [0.15, 0.2) is 18.2 Å². The van der Waals surface area contributed by atoms with Gasteiger partial charge in [-0.2, -0.15) is 5.10 Å². The molecule has 1 N–H and O–H groups in total. The molecule has 1 amide bonds. The van der Waals surface area contributed by atoms with Gasteiger partial charge in [-0.1, -0.05) is 0 Å². The van der Waals surface area contributed by atoms with Crippen LogP contribution in [0.3, 0.4) is 0 Å². The van der Waals surface area contributed by atoms with Crippen molar-refractivity contribution in [2.45, 2.75) is 38.8 Å². The summed E-state index contributed by atoms with van der Waals surface area (Å²) in [5, 5.41) is 7.86. The zero-order chi connectivity index (χ0) is 21.7. The highest BCUT2D eigenvalue weighted by Gasteiger charge is 2.37. The van der Waals surface area contributed by atoms with Crippen LogP contribution in [-0.2, 0) is 18.3 Å². The number of methoxy groups -OCH3 is 1. The lowest BCUT2D eigenvalue weighted by Crippen LogP contribution is -2.31. The number of hydrogen-bond donors (Lipinski definition) is 1. The molecular formula is C22H25N5O3S. The van der Waals surface area contributed by atoms with E-state index in [-0.39, 0.29) is 5.91 Å². The van der Waals surface area contributed by atoms with Crippen molar-refractivity contribution in [3.8, 4) is 0 Å². The molecule has 31 heavy (non-hydrogen) atoms. The van der Waals surface area contributed by atoms with Crippen LogP contribution in [0.5, 0.6) is 0 Å². The van der Waals surface area contributed by atoms with E-state index in [4.69, 9.17) is 9.72 Å². The van der Waals surface area contributed by atoms with Crippen molar-refractivity contribution in [2.75, 3.05) is 19.0 Å². The number of thiophene rings is 1. The summed E-state index contributed by atoms with van der Waals surface area (Å²) in [5.41, 5.74) is 2.59. The van der Waals surface area contributed by atoms with Gasteiger partial charge in [0.15, 0.2) is 0 Å². The molecule has 2 fully saturated rings. The maximum absolute atomic E-state index is 12.9. The SMILES string of the molecule is COC(=O)c1sc2nc(CN3C[C@H]4CC[C@H]3C4)ccc2c1NC(=O)c1cc(C)nn1C. The van der Waals surface area contributed by atoms with E-state index in [9.17, 15) is 9.59 Å². The molecule has 3 aromatic heterocycles. The number of hydrogen-bond acceptors (Lipinski definition) is 7. The van der Waals surface area contributed by atoms with Crippen molar-refractivity contribution in [3.63, 3.8) is 0 Å². The molecule has 2 bridgehead atoms. The van der Waals surface area contributed by atoms with Crippen LogP contribution in [0.4, 0.5) is 5.69 Å². The first-order chi connectivity index (χ1) is 14.9. The molecule has 9 heteroatoms. The molecule has 5 rings (SSSR count). The average molecular weight is 440 g/mol. The van der Waals surface area contributed by atoms with Crippen LogP contribution in [0.2, 0.25) is 0 Å². The summed E-state index contributed by atoms with van der Waals surface area (Å²) < 4.78 is 6.48. The van der Waals surface area contributed by atoms with E-state index in [1.54, 1.807) is 13.1 Å². The number of ether oxygens (including phenoxy) is 1. The van der Waals surface area contributed by atoms with Crippen LogP contribution < -0.4 is 5.32 Å². The fourth-order valence-electron chi connectivity index (χ4n) is 4.89. The Bertz CT molecular complexity index is 1180. The molecule has 0 spiro atoms. The van der Waals surface area contributed by atoms with Crippen LogP contribution in [0.25, 0.3) is 10.2 Å². The predicted octanol–water partition coefficient (Wildman–Crippen LogP) is 3.36. The monoisotopic (exact) mass is 439 g/mol. The molecule has 1 saturated heterocycles. The number of pyridine rings is 1. The van der Waals surface area contributed by atoms with Crippen LogP contribution in [0, 0.1) is 12.8 Å². The van der Waals surface area contributed by atoms with Crippen molar-refractivity contribution in [1.82, 2.24) is 19.7 Å². The van der Waals surface area contributed by atoms with Crippen LogP contribution >= 0.6 is 11.3 Å². The molecule has 2 atom stereocenters. The highest BCUT2D eigenvalue weighted by atomic mass is 32.1. The van der Waals surface area contributed by atoms with Gasteiger partial charge in [-0.05, 0) is 50.3 Å². The van der Waals surface area contributed by atoms with Crippen molar-refractivity contribution in [1.29, 1.82) is 0 Å². The highest BCUT2D eigenvalue weighted by molar-refractivity contribution is 7.21. The minimum Gasteiger partial charge on any atom is -0.465 e. The van der Waals surface area contributed by atoms with Crippen molar-refractivity contribution < 1.29 is 14.3 Å². The number of carbonyl (C=O) groups excluding carboxylic acids is 2. The summed E-state index contributed by atoms with van der Waals surface area (Å²) in [6, 6.07) is 6.32. The largest absolute Gasteiger partial charge is 0.465 e. The van der Waals surface area contributed by atoms with E-state index < -0.39 is 5.97 Å². The van der Waals surface area contributed by atoms with E-state index in [1.165, 1.54) is 42.4 Å². The fourth-order valence-corrected chi connectivity index (χ4v) is 5.96. The van der Waals surface area contributed by atoms with Gasteiger partial charge < -0.3 is 10.1 Å². The number of anilines is 1. The maximum atomic E-state index is 12.9. The molecule has 8 nitrogen and oxygen atoms in total. The predicted molar refractivity (Wildman–Crippen MR) is 118 cm³/mol. The van der Waals surface area contributed by atoms with Gasteiger partial charge in [-0.25, -0.2) is 9.78 Å². The lowest BCUT2D eigenvalue weighted by Gasteiger charge is -2.26. The number of piperidine rings is 1. The molecule has 4 heterocycles. The number of amides is 1. The first-order valence-corrected chi connectivity index (χ1v) is 11.3. The Morgan fingerprint density at radius 2 is 2.16 bits per heavy atom. The lowest BCUT2D eigenvalue weighted by atomic mass is 10.1. The number of carbonyl (C=O) groups is 2. The summed E-state index contributed by atoms with van der Waals surface area (Å²) in [6.07, 6.45) is 3.93. The summed E-state index contributed by atoms with van der Waals surface area (Å²) >= 11 is 1.25. The van der Waals surface area contributed by atoms with Crippen LogP contribution in [0.1, 0.15) is 50.8 Å². The molecule has 162 valence electrons. The van der Waals surface area contributed by atoms with Gasteiger partial charge in [0.25, 0.3) is 5.91 Å². The normalized spacial score (nSPS) is 20.5. The molecule has 0 unspecified atom stereocenters. The van der Waals surface area contributed by atoms with Gasteiger partial charge in [0.1, 0.15) is 15.4 Å². The molecule has 1 aliphatic heterocycles. The quantitative estimate of drug-likeness (QED) is 0.613. The molecule has 1 saturated carbocycles. The van der Waals surface area contributed by atoms with Gasteiger partial charge >= 0.3 is 5.97 Å². The standard InChI is InChI=1S/C22H25N5O3S/c1-12-8-17(26(2)25-12)20(28)24-18-16-7-5-14(11-27-10-13-4-6-15(27)9-13)23-21(16)31-19(18)22(29)30-3/h5,7-8,13,15H,4,6,9-11H2,1-3H3,(H,24,28)/t13-,15-/m0/s1. The van der Waals surface area contributed by atoms with E-state index in [2.05, 4.69) is 15.3 Å². The lowest BCUT2D eigenvalue weighted by molar-refractivity contribution is 0.0607. The first kappa shape index (κ1) is 20.1. The number of nitrogens with zero attached hydrogens (tertiary/aromatic N) is 4. The van der Waals surface area contributed by atoms with Gasteiger partial charge in [0, 0.05) is 31.6 Å². The molecule has 1 aliphatic carbocycles. The van der Waals surface area contributed by atoms with Crippen LogP contribution in [-0.4, -0.2) is 51.2 Å². The van der Waals surface area contributed by atoms with E-state index in [0.717, 1.165) is 40.6 Å². The minimum atomic E-state index is -0.488. The number of aromatic nitrogens is 3. The third kappa shape index (κ3) is 3.61. The highest BCUT2D eigenvalue weighted by Crippen LogP contribution is 2.39. The zero-order valence-electron chi connectivity index (χ0n) is 17.8. The molecular weight excluding hydrogens is 414 g/mol. The van der Waals surface area contributed by atoms with Crippen molar-refractivity contribution in [3.05, 3.63) is 40.2 Å². The topological polar surface area (TPSA) is 89.3 Å². The van der Waals surface area contributed by atoms with Gasteiger partial charge in [-0.15, -0.1) is 11.3 Å². The number of aryl methyl sites for hydroxylation is 2. The molecule has 2 aliphatic rings. The van der Waals surface area contributed by atoms with Gasteiger partial charge in [0.2, 0.25) is 0 Å². The van der Waals surface area contributed by atoms with Gasteiger partial charge in [-0.3, -0.25) is 14.4 Å². The summed E-state index contributed by atoms with van der Waals surface area (Å²) in [6.45, 7) is 3.79. The zero-order valence-corrected chi connectivity index (χ0v) is 18.7. The fraction of sp³-hybridized carbons (Fsp3) is 0.455. The molecule has 0 aromatic carbocycles. The second-order valence-corrected chi connectivity index (χ2v) is 9.46. The molecule has 0 radical (unpaired) electrons. The summed E-state index contributed by atoms with van der Waals surface area (Å²) in [5.74, 6) is 0.0156. The first-order valence-electron chi connectivity index (χ1n) is 10.5. The third-order valence-electron chi connectivity index (χ3n) is 6.34. The number of fused-ring (bicyclic) bond motifs is 3. The molecule has 3 aromatic rings. The Hall–Kier alpha value is -2.78. The van der Waals surface area contributed by atoms with E-state index in [0.29, 0.717) is 22.3 Å². The third-order valence-corrected chi connectivity index (χ3v) is 7.42. The summed E-state index contributed by atoms with van der Waals surface area (Å²) in [7, 11) is 3.05. The van der Waals surface area contributed by atoms with Crippen molar-refractivity contribution >= 4 is 39.1 Å². The minimum absolute atomic E-state index is 0.329. The van der Waals surface area contributed by atoms with Gasteiger partial charge in [0.05, 0.1) is 24.2 Å². The summed E-state index contributed by atoms with van der Waals surface area (Å²) in [4.78, 5) is 33.7. The second kappa shape index (κ2) is 7.72. The number of nitrogens with one attached hydrogen (secondary N) is 1. The Kier molecular flexibility index (Phi) is 5.02. The Balaban J connectivity index is 1.46. The number of esters is 1. The van der Waals surface area contributed by atoms with E-state index in [1.807, 2.05) is 19.1 Å². The van der Waals surface area contributed by atoms with Crippen molar-refractivity contribution in [2.24, 2.45) is 13.0 Å².